The van der Waals surface area contributed by atoms with Gasteiger partial charge in [-0.25, -0.2) is 4.57 Å². The molecule has 0 saturated heterocycles. The minimum atomic E-state index is 1.06. The van der Waals surface area contributed by atoms with E-state index in [2.05, 4.69) is 66.4 Å². The lowest BCUT2D eigenvalue weighted by Gasteiger charge is -1.98. The average molecular weight is 225 g/mol. The van der Waals surface area contributed by atoms with Crippen LogP contribution in [0.4, 0.5) is 0 Å². The predicted octanol–water partition coefficient (Wildman–Crippen LogP) is 2.79. The Hall–Kier alpha value is -1.83. The van der Waals surface area contributed by atoms with E-state index in [4.69, 9.17) is 0 Å². The van der Waals surface area contributed by atoms with Crippen LogP contribution in [0.15, 0.2) is 36.5 Å². The van der Waals surface area contributed by atoms with Gasteiger partial charge in [0.2, 0.25) is 0 Å². The number of pyridine rings is 1. The fourth-order valence-electron chi connectivity index (χ4n) is 2.52. The molecule has 0 radical (unpaired) electrons. The summed E-state index contributed by atoms with van der Waals surface area (Å²) in [6.07, 6.45) is 3.30. The first kappa shape index (κ1) is 10.3. The van der Waals surface area contributed by atoms with Crippen LogP contribution < -0.4 is 4.40 Å². The number of nitrogens with zero attached hydrogens (tertiary/aromatic N) is 2. The molecular formula is C15H17N2+. The number of hydrogen-bond acceptors (Lipinski definition) is 0. The van der Waals surface area contributed by atoms with Crippen LogP contribution in [0.1, 0.15) is 18.2 Å². The highest BCUT2D eigenvalue weighted by atomic mass is 15.1. The van der Waals surface area contributed by atoms with Gasteiger partial charge in [0, 0.05) is 17.9 Å². The Labute approximate surface area is 101 Å². The third kappa shape index (κ3) is 1.44. The Kier molecular flexibility index (Phi) is 2.18. The topological polar surface area (TPSA) is 9.03 Å². The Morgan fingerprint density at radius 2 is 2.00 bits per heavy atom. The number of fused-ring (bicyclic) bond motifs is 3. The Morgan fingerprint density at radius 3 is 2.76 bits per heavy atom. The zero-order chi connectivity index (χ0) is 12.0. The standard InChI is InChI=1S/C15H17N2/c1-4-13-10-17-14-7-5-11(2)9-12(14)6-8-15(17)16(13)3/h5-10H,4H2,1-3H3/q+1. The van der Waals surface area contributed by atoms with Crippen LogP contribution in [-0.4, -0.2) is 4.57 Å². The van der Waals surface area contributed by atoms with Gasteiger partial charge in [0.1, 0.15) is 17.4 Å². The zero-order valence-electron chi connectivity index (χ0n) is 10.6. The van der Waals surface area contributed by atoms with Gasteiger partial charge in [-0.2, -0.15) is 4.40 Å². The molecule has 0 spiro atoms. The molecule has 2 aromatic heterocycles. The number of aromatic nitrogens is 2. The summed E-state index contributed by atoms with van der Waals surface area (Å²) in [6, 6.07) is 11.0. The molecule has 3 aromatic rings. The minimum absolute atomic E-state index is 1.06. The Morgan fingerprint density at radius 1 is 1.18 bits per heavy atom. The summed E-state index contributed by atoms with van der Waals surface area (Å²) in [4.78, 5) is 0. The third-order valence-corrected chi connectivity index (χ3v) is 3.52. The molecule has 3 rings (SSSR count). The summed E-state index contributed by atoms with van der Waals surface area (Å²) < 4.78 is 4.55. The number of imidazole rings is 1. The lowest BCUT2D eigenvalue weighted by Crippen LogP contribution is -2.20. The second-order valence-corrected chi connectivity index (χ2v) is 4.66. The molecule has 0 fully saturated rings. The second kappa shape index (κ2) is 3.59. The smallest absolute Gasteiger partial charge is 0.230 e. The molecule has 0 aliphatic carbocycles. The SMILES string of the molecule is CCc1c[n+]2c3ccc(C)cc3ccc2n1C. The summed E-state index contributed by atoms with van der Waals surface area (Å²) in [5.41, 5.74) is 5.20. The highest BCUT2D eigenvalue weighted by Gasteiger charge is 2.14. The Bertz CT molecular complexity index is 708. The van der Waals surface area contributed by atoms with Gasteiger partial charge in [-0.1, -0.05) is 18.6 Å². The molecule has 1 aromatic carbocycles. The second-order valence-electron chi connectivity index (χ2n) is 4.66. The highest BCUT2D eigenvalue weighted by Crippen LogP contribution is 2.15. The number of rotatable bonds is 1. The summed E-state index contributed by atoms with van der Waals surface area (Å²) in [6.45, 7) is 4.33. The molecule has 0 saturated carbocycles. The third-order valence-electron chi connectivity index (χ3n) is 3.52. The van der Waals surface area contributed by atoms with Gasteiger partial charge in [0.05, 0.1) is 7.05 Å². The molecule has 0 aliphatic heterocycles. The Balaban J connectivity index is 2.47. The molecule has 0 amide bonds. The van der Waals surface area contributed by atoms with E-state index in [1.54, 1.807) is 0 Å². The molecule has 2 heteroatoms. The van der Waals surface area contributed by atoms with E-state index in [0.29, 0.717) is 0 Å². The van der Waals surface area contributed by atoms with Crippen LogP contribution in [0.25, 0.3) is 16.6 Å². The first-order chi connectivity index (χ1) is 8.20. The van der Waals surface area contributed by atoms with E-state index >= 15 is 0 Å². The van der Waals surface area contributed by atoms with Crippen molar-refractivity contribution in [3.8, 4) is 0 Å². The van der Waals surface area contributed by atoms with E-state index in [0.717, 1.165) is 6.42 Å². The first-order valence-corrected chi connectivity index (χ1v) is 6.10. The maximum atomic E-state index is 2.29. The zero-order valence-corrected chi connectivity index (χ0v) is 10.6. The van der Waals surface area contributed by atoms with Crippen molar-refractivity contribution in [1.82, 2.24) is 4.57 Å². The van der Waals surface area contributed by atoms with Crippen molar-refractivity contribution in [3.63, 3.8) is 0 Å². The van der Waals surface area contributed by atoms with Crippen LogP contribution in [-0.2, 0) is 13.5 Å². The average Bonchev–Trinajstić information content (AvgIpc) is 2.66. The molecule has 2 nitrogen and oxygen atoms in total. The van der Waals surface area contributed by atoms with E-state index in [1.165, 1.54) is 27.8 Å². The highest BCUT2D eigenvalue weighted by molar-refractivity contribution is 5.77. The molecule has 0 unspecified atom stereocenters. The molecular weight excluding hydrogens is 208 g/mol. The van der Waals surface area contributed by atoms with E-state index in [9.17, 15) is 0 Å². The molecule has 2 heterocycles. The fraction of sp³-hybridized carbons (Fsp3) is 0.267. The molecule has 17 heavy (non-hydrogen) atoms. The van der Waals surface area contributed by atoms with Crippen LogP contribution in [0, 0.1) is 6.92 Å². The quantitative estimate of drug-likeness (QED) is 0.563. The first-order valence-electron chi connectivity index (χ1n) is 6.10. The number of aryl methyl sites for hydroxylation is 3. The lowest BCUT2D eigenvalue weighted by atomic mass is 10.1. The van der Waals surface area contributed by atoms with Crippen molar-refractivity contribution in [2.75, 3.05) is 0 Å². The summed E-state index contributed by atoms with van der Waals surface area (Å²) in [7, 11) is 2.13. The van der Waals surface area contributed by atoms with Crippen LogP contribution in [0.5, 0.6) is 0 Å². The monoisotopic (exact) mass is 225 g/mol. The van der Waals surface area contributed by atoms with Crippen molar-refractivity contribution in [3.05, 3.63) is 47.8 Å². The number of benzene rings is 1. The summed E-state index contributed by atoms with van der Waals surface area (Å²) >= 11 is 0. The van der Waals surface area contributed by atoms with E-state index in [-0.39, 0.29) is 0 Å². The van der Waals surface area contributed by atoms with Crippen molar-refractivity contribution in [2.45, 2.75) is 20.3 Å². The normalized spacial score (nSPS) is 11.5. The van der Waals surface area contributed by atoms with E-state index < -0.39 is 0 Å². The predicted molar refractivity (Wildman–Crippen MR) is 70.2 cm³/mol. The lowest BCUT2D eigenvalue weighted by molar-refractivity contribution is -0.480. The maximum Gasteiger partial charge on any atom is 0.286 e. The van der Waals surface area contributed by atoms with Crippen molar-refractivity contribution in [1.29, 1.82) is 0 Å². The van der Waals surface area contributed by atoms with Gasteiger partial charge in [-0.15, -0.1) is 0 Å². The van der Waals surface area contributed by atoms with Crippen molar-refractivity contribution >= 4 is 16.6 Å². The van der Waals surface area contributed by atoms with Gasteiger partial charge in [-0.3, -0.25) is 0 Å². The summed E-state index contributed by atoms with van der Waals surface area (Å²) in [5, 5.41) is 1.30. The van der Waals surface area contributed by atoms with Gasteiger partial charge >= 0.3 is 0 Å². The van der Waals surface area contributed by atoms with Gasteiger partial charge in [-0.05, 0) is 25.1 Å². The molecule has 0 atom stereocenters. The van der Waals surface area contributed by atoms with Gasteiger partial charge in [0.25, 0.3) is 5.65 Å². The fourth-order valence-corrected chi connectivity index (χ4v) is 2.52. The van der Waals surface area contributed by atoms with Crippen molar-refractivity contribution < 1.29 is 4.40 Å². The molecule has 0 N–H and O–H groups in total. The van der Waals surface area contributed by atoms with Gasteiger partial charge < -0.3 is 0 Å². The minimum Gasteiger partial charge on any atom is -0.230 e. The maximum absolute atomic E-state index is 2.29. The molecule has 86 valence electrons. The van der Waals surface area contributed by atoms with Crippen LogP contribution in [0.2, 0.25) is 0 Å². The number of hydrogen-bond donors (Lipinski definition) is 0. The molecule has 0 aliphatic rings. The largest absolute Gasteiger partial charge is 0.286 e. The summed E-state index contributed by atoms with van der Waals surface area (Å²) in [5.74, 6) is 0. The van der Waals surface area contributed by atoms with Crippen LogP contribution in [0.3, 0.4) is 0 Å². The van der Waals surface area contributed by atoms with Crippen molar-refractivity contribution in [2.24, 2.45) is 7.05 Å². The van der Waals surface area contributed by atoms with Crippen LogP contribution >= 0.6 is 0 Å². The van der Waals surface area contributed by atoms with E-state index in [1.807, 2.05) is 0 Å². The molecule has 0 bridgehead atoms. The van der Waals surface area contributed by atoms with Gasteiger partial charge in [0.15, 0.2) is 0 Å².